The Bertz CT molecular complexity index is 401. The minimum absolute atomic E-state index is 0.0374. The number of hydrogen-bond acceptors (Lipinski definition) is 3. The van der Waals surface area contributed by atoms with Crippen molar-refractivity contribution in [1.82, 2.24) is 14.7 Å². The van der Waals surface area contributed by atoms with Gasteiger partial charge in [0.15, 0.2) is 0 Å². The zero-order valence-electron chi connectivity index (χ0n) is 10.5. The lowest BCUT2D eigenvalue weighted by molar-refractivity contribution is 0.0688. The molecule has 1 amide bonds. The fourth-order valence-electron chi connectivity index (χ4n) is 2.72. The van der Waals surface area contributed by atoms with Gasteiger partial charge in [-0.05, 0) is 31.4 Å². The van der Waals surface area contributed by atoms with Gasteiger partial charge in [-0.25, -0.2) is 0 Å². The highest BCUT2D eigenvalue weighted by Gasteiger charge is 2.32. The van der Waals surface area contributed by atoms with Crippen LogP contribution in [0.5, 0.6) is 0 Å². The lowest BCUT2D eigenvalue weighted by Crippen LogP contribution is -2.42. The molecule has 0 spiro atoms. The van der Waals surface area contributed by atoms with Crippen LogP contribution >= 0.6 is 0 Å². The molecule has 2 N–H and O–H groups in total. The molecule has 2 atom stereocenters. The summed E-state index contributed by atoms with van der Waals surface area (Å²) in [6.07, 6.45) is 5.00. The maximum Gasteiger partial charge on any atom is 0.272 e. The molecule has 1 heterocycles. The van der Waals surface area contributed by atoms with Crippen molar-refractivity contribution >= 4 is 5.91 Å². The summed E-state index contributed by atoms with van der Waals surface area (Å²) in [5, 5.41) is 4.03. The third kappa shape index (κ3) is 2.20. The molecule has 94 valence electrons. The second kappa shape index (κ2) is 4.87. The number of carbonyl (C=O) groups excluding carboxylic acids is 1. The van der Waals surface area contributed by atoms with Crippen LogP contribution in [0.25, 0.3) is 0 Å². The van der Waals surface area contributed by atoms with Crippen molar-refractivity contribution in [3.8, 4) is 0 Å². The molecule has 1 aliphatic rings. The molecule has 0 radical (unpaired) electrons. The maximum absolute atomic E-state index is 12.3. The van der Waals surface area contributed by atoms with Crippen molar-refractivity contribution < 1.29 is 4.79 Å². The van der Waals surface area contributed by atoms with E-state index in [0.29, 0.717) is 18.2 Å². The summed E-state index contributed by atoms with van der Waals surface area (Å²) in [6.45, 7) is 0.660. The Morgan fingerprint density at radius 1 is 1.65 bits per heavy atom. The third-order valence-corrected chi connectivity index (χ3v) is 3.78. The van der Waals surface area contributed by atoms with Gasteiger partial charge >= 0.3 is 0 Å². The van der Waals surface area contributed by atoms with Crippen LogP contribution < -0.4 is 5.73 Å². The second-order valence-corrected chi connectivity index (χ2v) is 4.75. The first-order valence-corrected chi connectivity index (χ1v) is 6.10. The van der Waals surface area contributed by atoms with E-state index in [0.717, 1.165) is 19.3 Å². The molecule has 2 rings (SSSR count). The molecule has 17 heavy (non-hydrogen) atoms. The Hall–Kier alpha value is -1.36. The zero-order chi connectivity index (χ0) is 12.4. The lowest BCUT2D eigenvalue weighted by atomic mass is 10.0. The van der Waals surface area contributed by atoms with Crippen LogP contribution in [-0.4, -0.2) is 40.2 Å². The molecule has 1 aromatic rings. The molecule has 1 fully saturated rings. The molecular formula is C12H20N4O. The Balaban J connectivity index is 2.12. The number of aryl methyl sites for hydroxylation is 1. The smallest absolute Gasteiger partial charge is 0.272 e. The molecule has 2 unspecified atom stereocenters. The molecule has 5 nitrogen and oxygen atoms in total. The number of nitrogens with zero attached hydrogens (tertiary/aromatic N) is 3. The van der Waals surface area contributed by atoms with Crippen LogP contribution in [0.15, 0.2) is 12.3 Å². The van der Waals surface area contributed by atoms with Crippen LogP contribution in [-0.2, 0) is 7.05 Å². The molecule has 0 aromatic carbocycles. The Labute approximate surface area is 102 Å². The quantitative estimate of drug-likeness (QED) is 0.836. The average Bonchev–Trinajstić information content (AvgIpc) is 2.95. The van der Waals surface area contributed by atoms with E-state index in [4.69, 9.17) is 5.73 Å². The molecule has 1 aliphatic carbocycles. The van der Waals surface area contributed by atoms with Gasteiger partial charge in [-0.1, -0.05) is 6.42 Å². The van der Waals surface area contributed by atoms with Crippen LogP contribution in [0.4, 0.5) is 0 Å². The minimum Gasteiger partial charge on any atom is -0.337 e. The maximum atomic E-state index is 12.3. The van der Waals surface area contributed by atoms with Crippen LogP contribution in [0.1, 0.15) is 29.8 Å². The third-order valence-electron chi connectivity index (χ3n) is 3.78. The van der Waals surface area contributed by atoms with Gasteiger partial charge < -0.3 is 10.6 Å². The van der Waals surface area contributed by atoms with Crippen LogP contribution in [0.3, 0.4) is 0 Å². The molecule has 0 saturated heterocycles. The summed E-state index contributed by atoms with van der Waals surface area (Å²) in [6, 6.07) is 2.04. The molecule has 5 heteroatoms. The highest BCUT2D eigenvalue weighted by molar-refractivity contribution is 5.92. The first-order chi connectivity index (χ1) is 8.15. The van der Waals surface area contributed by atoms with Gasteiger partial charge in [0.25, 0.3) is 5.91 Å². The summed E-state index contributed by atoms with van der Waals surface area (Å²) < 4.78 is 1.62. The van der Waals surface area contributed by atoms with Gasteiger partial charge in [-0.15, -0.1) is 0 Å². The summed E-state index contributed by atoms with van der Waals surface area (Å²) >= 11 is 0. The van der Waals surface area contributed by atoms with E-state index in [1.807, 2.05) is 11.9 Å². The van der Waals surface area contributed by atoms with Gasteiger partial charge in [0.05, 0.1) is 0 Å². The van der Waals surface area contributed by atoms with E-state index < -0.39 is 0 Å². The van der Waals surface area contributed by atoms with Gasteiger partial charge in [-0.2, -0.15) is 5.10 Å². The topological polar surface area (TPSA) is 64.2 Å². The Morgan fingerprint density at radius 3 is 3.00 bits per heavy atom. The monoisotopic (exact) mass is 236 g/mol. The molecule has 1 aromatic heterocycles. The van der Waals surface area contributed by atoms with Crippen LogP contribution in [0.2, 0.25) is 0 Å². The number of amides is 1. The Kier molecular flexibility index (Phi) is 3.47. The fraction of sp³-hybridized carbons (Fsp3) is 0.667. The lowest BCUT2D eigenvalue weighted by Gasteiger charge is -2.29. The normalized spacial score (nSPS) is 23.9. The van der Waals surface area contributed by atoms with E-state index in [-0.39, 0.29) is 11.9 Å². The molecular weight excluding hydrogens is 216 g/mol. The number of hydrogen-bond donors (Lipinski definition) is 1. The van der Waals surface area contributed by atoms with Crippen molar-refractivity contribution in [3.05, 3.63) is 18.0 Å². The van der Waals surface area contributed by atoms with E-state index in [2.05, 4.69) is 5.10 Å². The zero-order valence-corrected chi connectivity index (χ0v) is 10.5. The number of rotatable bonds is 3. The van der Waals surface area contributed by atoms with E-state index in [1.165, 1.54) is 0 Å². The minimum atomic E-state index is 0.0374. The number of nitrogens with two attached hydrogens (primary N) is 1. The summed E-state index contributed by atoms with van der Waals surface area (Å²) in [5.41, 5.74) is 6.39. The van der Waals surface area contributed by atoms with Crippen molar-refractivity contribution in [1.29, 1.82) is 0 Å². The van der Waals surface area contributed by atoms with Crippen LogP contribution in [0, 0.1) is 5.92 Å². The summed E-state index contributed by atoms with van der Waals surface area (Å²) in [7, 11) is 3.66. The molecule has 0 bridgehead atoms. The second-order valence-electron chi connectivity index (χ2n) is 4.75. The Morgan fingerprint density at radius 2 is 2.41 bits per heavy atom. The average molecular weight is 236 g/mol. The fourth-order valence-corrected chi connectivity index (χ4v) is 2.72. The van der Waals surface area contributed by atoms with Crippen molar-refractivity contribution in [3.63, 3.8) is 0 Å². The number of aromatic nitrogens is 2. The van der Waals surface area contributed by atoms with E-state index in [1.54, 1.807) is 24.0 Å². The molecule has 1 saturated carbocycles. The first kappa shape index (κ1) is 12.1. The first-order valence-electron chi connectivity index (χ1n) is 6.10. The van der Waals surface area contributed by atoms with Gasteiger partial charge in [0.1, 0.15) is 5.69 Å². The summed E-state index contributed by atoms with van der Waals surface area (Å²) in [5.74, 6) is 0.479. The van der Waals surface area contributed by atoms with Crippen molar-refractivity contribution in [2.75, 3.05) is 13.6 Å². The number of carbonyl (C=O) groups is 1. The largest absolute Gasteiger partial charge is 0.337 e. The predicted molar refractivity (Wildman–Crippen MR) is 65.5 cm³/mol. The SMILES string of the molecule is CN(C(=O)c1ccnn1C)C1CCCC1CN. The summed E-state index contributed by atoms with van der Waals surface area (Å²) in [4.78, 5) is 14.1. The van der Waals surface area contributed by atoms with E-state index in [9.17, 15) is 4.79 Å². The predicted octanol–water partition coefficient (Wildman–Crippen LogP) is 0.620. The van der Waals surface area contributed by atoms with Gasteiger partial charge in [-0.3, -0.25) is 9.48 Å². The molecule has 0 aliphatic heterocycles. The highest BCUT2D eigenvalue weighted by Crippen LogP contribution is 2.29. The van der Waals surface area contributed by atoms with Crippen molar-refractivity contribution in [2.45, 2.75) is 25.3 Å². The standard InChI is InChI=1S/C12H20N4O/c1-15(10-5-3-4-9(10)8-13)12(17)11-6-7-14-16(11)2/h6-7,9-10H,3-5,8,13H2,1-2H3. The van der Waals surface area contributed by atoms with Gasteiger partial charge in [0.2, 0.25) is 0 Å². The van der Waals surface area contributed by atoms with Crippen molar-refractivity contribution in [2.24, 2.45) is 18.7 Å². The van der Waals surface area contributed by atoms with E-state index >= 15 is 0 Å². The highest BCUT2D eigenvalue weighted by atomic mass is 16.2. The van der Waals surface area contributed by atoms with Gasteiger partial charge in [0, 0.05) is 26.3 Å².